The van der Waals surface area contributed by atoms with Crippen LogP contribution in [0.15, 0.2) is 30.6 Å². The fourth-order valence-electron chi connectivity index (χ4n) is 4.30. The molecule has 0 saturated heterocycles. The predicted molar refractivity (Wildman–Crippen MR) is 119 cm³/mol. The third-order valence-electron chi connectivity index (χ3n) is 5.94. The maximum absolute atomic E-state index is 14.2. The molecule has 1 aliphatic carbocycles. The first-order valence-corrected chi connectivity index (χ1v) is 10.9. The van der Waals surface area contributed by atoms with Crippen LogP contribution in [0.3, 0.4) is 0 Å². The van der Waals surface area contributed by atoms with Crippen molar-refractivity contribution in [2.24, 2.45) is 7.05 Å². The van der Waals surface area contributed by atoms with E-state index in [0.29, 0.717) is 28.2 Å². The standard InChI is InChI=1S/C23H24FN7O2/c1-31-12-16(11-26-31)15-7-13(8-17(24)9-15)10-25-22(32)19-18-21(30-23(28-19)33-2)29-20(27-18)14-5-3-4-6-14/h7-9,11-12,14H,3-6,10H2,1-2H3,(H,25,32)(H,27,28,29,30). The van der Waals surface area contributed by atoms with Crippen molar-refractivity contribution in [1.82, 2.24) is 35.0 Å². The molecule has 2 N–H and O–H groups in total. The van der Waals surface area contributed by atoms with Crippen LogP contribution in [0.4, 0.5) is 4.39 Å². The number of ether oxygens (including phenoxy) is 1. The van der Waals surface area contributed by atoms with Crippen molar-refractivity contribution >= 4 is 17.1 Å². The van der Waals surface area contributed by atoms with Crippen molar-refractivity contribution in [2.45, 2.75) is 38.1 Å². The van der Waals surface area contributed by atoms with Gasteiger partial charge in [-0.25, -0.2) is 9.37 Å². The van der Waals surface area contributed by atoms with Crippen LogP contribution in [0.2, 0.25) is 0 Å². The minimum Gasteiger partial charge on any atom is -0.467 e. The highest BCUT2D eigenvalue weighted by Gasteiger charge is 2.24. The van der Waals surface area contributed by atoms with Gasteiger partial charge in [0.15, 0.2) is 11.3 Å². The van der Waals surface area contributed by atoms with E-state index in [0.717, 1.165) is 24.2 Å². The Morgan fingerprint density at radius 3 is 2.76 bits per heavy atom. The molecule has 3 aromatic heterocycles. The lowest BCUT2D eigenvalue weighted by Gasteiger charge is -2.08. The van der Waals surface area contributed by atoms with Gasteiger partial charge < -0.3 is 15.0 Å². The summed E-state index contributed by atoms with van der Waals surface area (Å²) in [4.78, 5) is 29.5. The summed E-state index contributed by atoms with van der Waals surface area (Å²) in [5.41, 5.74) is 3.13. The second-order valence-electron chi connectivity index (χ2n) is 8.29. The van der Waals surface area contributed by atoms with Crippen LogP contribution in [0.25, 0.3) is 22.3 Å². The van der Waals surface area contributed by atoms with Gasteiger partial charge in [-0.15, -0.1) is 0 Å². The molecular weight excluding hydrogens is 425 g/mol. The average molecular weight is 449 g/mol. The topological polar surface area (TPSA) is 111 Å². The normalized spacial score (nSPS) is 14.2. The summed E-state index contributed by atoms with van der Waals surface area (Å²) >= 11 is 0. The Bertz CT molecular complexity index is 1320. The Morgan fingerprint density at radius 1 is 1.21 bits per heavy atom. The molecule has 33 heavy (non-hydrogen) atoms. The lowest BCUT2D eigenvalue weighted by molar-refractivity contribution is 0.0946. The first-order chi connectivity index (χ1) is 16.0. The molecule has 0 bridgehead atoms. The summed E-state index contributed by atoms with van der Waals surface area (Å²) in [5.74, 6) is 0.348. The Morgan fingerprint density at radius 2 is 2.03 bits per heavy atom. The molecule has 1 fully saturated rings. The number of nitrogens with one attached hydrogen (secondary N) is 2. The molecule has 0 radical (unpaired) electrons. The highest BCUT2D eigenvalue weighted by Crippen LogP contribution is 2.33. The zero-order valence-corrected chi connectivity index (χ0v) is 18.4. The molecule has 1 amide bonds. The van der Waals surface area contributed by atoms with Crippen LogP contribution in [0.5, 0.6) is 6.01 Å². The van der Waals surface area contributed by atoms with Gasteiger partial charge in [0.1, 0.15) is 17.2 Å². The van der Waals surface area contributed by atoms with E-state index in [1.54, 1.807) is 24.1 Å². The van der Waals surface area contributed by atoms with Crippen LogP contribution >= 0.6 is 0 Å². The van der Waals surface area contributed by atoms with Crippen LogP contribution < -0.4 is 10.1 Å². The number of aromatic amines is 1. The lowest BCUT2D eigenvalue weighted by atomic mass is 10.1. The van der Waals surface area contributed by atoms with Gasteiger partial charge in [-0.3, -0.25) is 9.48 Å². The maximum atomic E-state index is 14.2. The lowest BCUT2D eigenvalue weighted by Crippen LogP contribution is -2.24. The zero-order valence-electron chi connectivity index (χ0n) is 18.4. The number of methoxy groups -OCH3 is 1. The largest absolute Gasteiger partial charge is 0.467 e. The van der Waals surface area contributed by atoms with E-state index in [1.165, 1.54) is 32.1 Å². The first-order valence-electron chi connectivity index (χ1n) is 10.9. The number of nitrogens with zero attached hydrogens (tertiary/aromatic N) is 5. The quantitative estimate of drug-likeness (QED) is 0.466. The number of amides is 1. The van der Waals surface area contributed by atoms with Crippen molar-refractivity contribution in [3.8, 4) is 17.1 Å². The molecule has 0 spiro atoms. The Hall–Kier alpha value is -3.82. The van der Waals surface area contributed by atoms with Crippen molar-refractivity contribution in [2.75, 3.05) is 7.11 Å². The van der Waals surface area contributed by atoms with Gasteiger partial charge in [0.25, 0.3) is 5.91 Å². The minimum absolute atomic E-state index is 0.0711. The zero-order chi connectivity index (χ0) is 22.9. The molecule has 1 aromatic carbocycles. The van der Waals surface area contributed by atoms with Crippen molar-refractivity contribution in [3.63, 3.8) is 0 Å². The summed E-state index contributed by atoms with van der Waals surface area (Å²) in [6.45, 7) is 0.126. The third kappa shape index (κ3) is 4.28. The molecule has 3 heterocycles. The van der Waals surface area contributed by atoms with E-state index in [4.69, 9.17) is 4.74 Å². The molecule has 10 heteroatoms. The first kappa shape index (κ1) is 21.0. The number of fused-ring (bicyclic) bond motifs is 1. The van der Waals surface area contributed by atoms with Crippen LogP contribution in [-0.4, -0.2) is 42.7 Å². The number of carbonyl (C=O) groups is 1. The summed E-state index contributed by atoms with van der Waals surface area (Å²) in [6, 6.07) is 4.73. The van der Waals surface area contributed by atoms with Crippen LogP contribution in [-0.2, 0) is 13.6 Å². The molecule has 0 aliphatic heterocycles. The third-order valence-corrected chi connectivity index (χ3v) is 5.94. The van der Waals surface area contributed by atoms with Gasteiger partial charge >= 0.3 is 6.01 Å². The maximum Gasteiger partial charge on any atom is 0.319 e. The molecular formula is C23H24FN7O2. The summed E-state index contributed by atoms with van der Waals surface area (Å²) in [5, 5.41) is 6.96. The van der Waals surface area contributed by atoms with E-state index in [9.17, 15) is 9.18 Å². The number of carbonyl (C=O) groups excluding carboxylic acids is 1. The number of rotatable bonds is 6. The van der Waals surface area contributed by atoms with E-state index < -0.39 is 5.91 Å². The number of aryl methyl sites for hydroxylation is 1. The highest BCUT2D eigenvalue weighted by molar-refractivity contribution is 6.02. The molecule has 1 saturated carbocycles. The Balaban J connectivity index is 1.40. The van der Waals surface area contributed by atoms with Crippen molar-refractivity contribution in [3.05, 3.63) is 53.5 Å². The van der Waals surface area contributed by atoms with Crippen molar-refractivity contribution < 1.29 is 13.9 Å². The van der Waals surface area contributed by atoms with Gasteiger partial charge in [0.05, 0.1) is 13.3 Å². The van der Waals surface area contributed by atoms with Gasteiger partial charge in [0.2, 0.25) is 0 Å². The number of H-pyrrole nitrogens is 1. The summed E-state index contributed by atoms with van der Waals surface area (Å²) < 4.78 is 21.1. The van der Waals surface area contributed by atoms with Gasteiger partial charge in [0, 0.05) is 31.3 Å². The van der Waals surface area contributed by atoms with Gasteiger partial charge in [-0.05, 0) is 42.2 Å². The fourth-order valence-corrected chi connectivity index (χ4v) is 4.30. The number of benzene rings is 1. The monoisotopic (exact) mass is 449 g/mol. The van der Waals surface area contributed by atoms with E-state index in [-0.39, 0.29) is 24.1 Å². The van der Waals surface area contributed by atoms with E-state index in [1.807, 2.05) is 6.07 Å². The second kappa shape index (κ2) is 8.61. The molecule has 5 rings (SSSR count). The fraction of sp³-hybridized carbons (Fsp3) is 0.348. The molecule has 0 atom stereocenters. The molecule has 4 aromatic rings. The molecule has 0 unspecified atom stereocenters. The SMILES string of the molecule is COc1nc(C(=O)NCc2cc(F)cc(-c3cnn(C)c3)c2)c2[nH]c(C3CCCC3)nc2n1. The molecule has 1 aliphatic rings. The average Bonchev–Trinajstić information content (AvgIpc) is 3.56. The van der Waals surface area contributed by atoms with E-state index >= 15 is 0 Å². The highest BCUT2D eigenvalue weighted by atomic mass is 19.1. The Kier molecular flexibility index (Phi) is 5.49. The van der Waals surface area contributed by atoms with Crippen LogP contribution in [0, 0.1) is 5.82 Å². The van der Waals surface area contributed by atoms with E-state index in [2.05, 4.69) is 30.4 Å². The second-order valence-corrected chi connectivity index (χ2v) is 8.29. The smallest absolute Gasteiger partial charge is 0.319 e. The molecule has 170 valence electrons. The van der Waals surface area contributed by atoms with Gasteiger partial charge in [-0.2, -0.15) is 15.1 Å². The summed E-state index contributed by atoms with van der Waals surface area (Å²) in [6.07, 6.45) is 7.93. The summed E-state index contributed by atoms with van der Waals surface area (Å²) in [7, 11) is 3.24. The number of aromatic nitrogens is 6. The number of hydrogen-bond donors (Lipinski definition) is 2. The number of halogens is 1. The van der Waals surface area contributed by atoms with Crippen LogP contribution in [0.1, 0.15) is 53.5 Å². The van der Waals surface area contributed by atoms with Crippen molar-refractivity contribution in [1.29, 1.82) is 0 Å². The number of hydrogen-bond acceptors (Lipinski definition) is 6. The van der Waals surface area contributed by atoms with Gasteiger partial charge in [-0.1, -0.05) is 12.8 Å². The predicted octanol–water partition coefficient (Wildman–Crippen LogP) is 3.49. The number of imidazole rings is 1. The minimum atomic E-state index is -0.422. The molecule has 9 nitrogen and oxygen atoms in total. The Labute approximate surface area is 189 Å².